The van der Waals surface area contributed by atoms with Crippen molar-refractivity contribution in [2.75, 3.05) is 43.8 Å². The number of carbonyl (C=O) groups excluding carboxylic acids is 2. The summed E-state index contributed by atoms with van der Waals surface area (Å²) in [7, 11) is 2.95. The third-order valence-electron chi connectivity index (χ3n) is 3.25. The van der Waals surface area contributed by atoms with Gasteiger partial charge in [0.15, 0.2) is 4.34 Å². The van der Waals surface area contributed by atoms with Gasteiger partial charge in [-0.15, -0.1) is 10.2 Å². The first-order valence-corrected chi connectivity index (χ1v) is 9.51. The van der Waals surface area contributed by atoms with Crippen LogP contribution in [0.5, 0.6) is 0 Å². The lowest BCUT2D eigenvalue weighted by Crippen LogP contribution is -2.15. The second-order valence-electron chi connectivity index (χ2n) is 5.15. The van der Waals surface area contributed by atoms with Gasteiger partial charge in [0.05, 0.1) is 25.0 Å². The zero-order valence-electron chi connectivity index (χ0n) is 14.7. The molecule has 1 aromatic carbocycles. The first kappa shape index (κ1) is 20.1. The van der Waals surface area contributed by atoms with Crippen molar-refractivity contribution in [3.05, 3.63) is 29.3 Å². The number of hydrogen-bond acceptors (Lipinski definition) is 9. The minimum absolute atomic E-state index is 0.189. The molecule has 0 saturated carbocycles. The highest BCUT2D eigenvalue weighted by Gasteiger charge is 2.12. The van der Waals surface area contributed by atoms with Gasteiger partial charge in [-0.1, -0.05) is 29.2 Å². The maximum atomic E-state index is 12.2. The van der Waals surface area contributed by atoms with Crippen LogP contribution in [-0.4, -0.2) is 55.2 Å². The van der Waals surface area contributed by atoms with E-state index in [4.69, 9.17) is 9.47 Å². The van der Waals surface area contributed by atoms with Crippen LogP contribution in [0.15, 0.2) is 22.5 Å². The van der Waals surface area contributed by atoms with Crippen molar-refractivity contribution in [3.63, 3.8) is 0 Å². The summed E-state index contributed by atoms with van der Waals surface area (Å²) in [6.45, 7) is 3.08. The third-order valence-corrected chi connectivity index (χ3v) is 5.26. The quantitative estimate of drug-likeness (QED) is 0.378. The fourth-order valence-electron chi connectivity index (χ4n) is 1.91. The van der Waals surface area contributed by atoms with Gasteiger partial charge in [0, 0.05) is 19.3 Å². The van der Waals surface area contributed by atoms with Gasteiger partial charge in [0.2, 0.25) is 11.0 Å². The molecule has 2 N–H and O–H groups in total. The number of ether oxygens (including phenoxy) is 2. The lowest BCUT2D eigenvalue weighted by molar-refractivity contribution is -0.113. The Kier molecular flexibility index (Phi) is 7.82. The van der Waals surface area contributed by atoms with E-state index < -0.39 is 5.97 Å². The summed E-state index contributed by atoms with van der Waals surface area (Å²) in [6, 6.07) is 5.02. The molecule has 2 rings (SSSR count). The predicted octanol–water partition coefficient (Wildman–Crippen LogP) is 2.42. The van der Waals surface area contributed by atoms with Gasteiger partial charge >= 0.3 is 5.97 Å². The molecule has 0 aliphatic carbocycles. The number of amides is 1. The Morgan fingerprint density at radius 1 is 1.27 bits per heavy atom. The maximum absolute atomic E-state index is 12.2. The molecule has 0 unspecified atom stereocenters. The Hall–Kier alpha value is -2.17. The number of aryl methyl sites for hydroxylation is 1. The predicted molar refractivity (Wildman–Crippen MR) is 102 cm³/mol. The number of hydrogen-bond donors (Lipinski definition) is 2. The number of carbonyl (C=O) groups is 2. The molecule has 0 atom stereocenters. The highest BCUT2D eigenvalue weighted by atomic mass is 32.2. The highest BCUT2D eigenvalue weighted by molar-refractivity contribution is 8.01. The van der Waals surface area contributed by atoms with E-state index in [2.05, 4.69) is 20.8 Å². The van der Waals surface area contributed by atoms with E-state index in [0.717, 1.165) is 5.56 Å². The minimum Gasteiger partial charge on any atom is -0.465 e. The molecule has 10 heteroatoms. The molecular weight excluding hydrogens is 376 g/mol. The molecule has 0 aliphatic heterocycles. The minimum atomic E-state index is -0.447. The van der Waals surface area contributed by atoms with Gasteiger partial charge in [0.1, 0.15) is 0 Å². The molecule has 0 bridgehead atoms. The number of anilines is 2. The van der Waals surface area contributed by atoms with Crippen molar-refractivity contribution in [2.24, 2.45) is 0 Å². The average molecular weight is 396 g/mol. The van der Waals surface area contributed by atoms with Crippen molar-refractivity contribution < 1.29 is 19.1 Å². The van der Waals surface area contributed by atoms with Crippen LogP contribution in [0.4, 0.5) is 10.8 Å². The number of thioether (sulfide) groups is 1. The van der Waals surface area contributed by atoms with Crippen molar-refractivity contribution in [1.82, 2.24) is 10.2 Å². The smallest absolute Gasteiger partial charge is 0.337 e. The van der Waals surface area contributed by atoms with Gasteiger partial charge in [0.25, 0.3) is 0 Å². The third kappa shape index (κ3) is 5.97. The van der Waals surface area contributed by atoms with Crippen molar-refractivity contribution in [3.8, 4) is 0 Å². The fourth-order valence-corrected chi connectivity index (χ4v) is 3.49. The van der Waals surface area contributed by atoms with Crippen LogP contribution >= 0.6 is 23.1 Å². The molecule has 1 heterocycles. The van der Waals surface area contributed by atoms with Crippen LogP contribution in [0.25, 0.3) is 0 Å². The molecule has 1 amide bonds. The van der Waals surface area contributed by atoms with Crippen molar-refractivity contribution in [1.29, 1.82) is 0 Å². The molecule has 0 aliphatic rings. The molecule has 140 valence electrons. The van der Waals surface area contributed by atoms with Crippen LogP contribution in [0.3, 0.4) is 0 Å². The van der Waals surface area contributed by atoms with Gasteiger partial charge in [-0.25, -0.2) is 4.79 Å². The first-order chi connectivity index (χ1) is 12.5. The molecule has 0 fully saturated rings. The lowest BCUT2D eigenvalue weighted by atomic mass is 10.1. The number of rotatable bonds is 9. The van der Waals surface area contributed by atoms with E-state index in [1.54, 1.807) is 25.3 Å². The molecule has 8 nitrogen and oxygen atoms in total. The van der Waals surface area contributed by atoms with E-state index >= 15 is 0 Å². The van der Waals surface area contributed by atoms with E-state index in [0.29, 0.717) is 33.9 Å². The van der Waals surface area contributed by atoms with E-state index in [1.165, 1.54) is 30.2 Å². The topological polar surface area (TPSA) is 102 Å². The van der Waals surface area contributed by atoms with Crippen LogP contribution in [0.1, 0.15) is 15.9 Å². The first-order valence-electron chi connectivity index (χ1n) is 7.71. The summed E-state index contributed by atoms with van der Waals surface area (Å²) in [4.78, 5) is 23.8. The van der Waals surface area contributed by atoms with Gasteiger partial charge in [-0.05, 0) is 24.6 Å². The summed E-state index contributed by atoms with van der Waals surface area (Å²) >= 11 is 2.68. The molecule has 0 radical (unpaired) electrons. The Morgan fingerprint density at radius 3 is 2.81 bits per heavy atom. The molecule has 0 saturated heterocycles. The maximum Gasteiger partial charge on any atom is 0.337 e. The second-order valence-corrected chi connectivity index (χ2v) is 7.35. The zero-order chi connectivity index (χ0) is 18.9. The Bertz CT molecular complexity index is 766. The zero-order valence-corrected chi connectivity index (χ0v) is 16.3. The number of nitrogens with zero attached hydrogens (tertiary/aromatic N) is 2. The van der Waals surface area contributed by atoms with Crippen LogP contribution in [0.2, 0.25) is 0 Å². The summed E-state index contributed by atoms with van der Waals surface area (Å²) in [5.74, 6) is -0.448. The average Bonchev–Trinajstić information content (AvgIpc) is 3.09. The Balaban J connectivity index is 1.88. The Labute approximate surface area is 159 Å². The van der Waals surface area contributed by atoms with Gasteiger partial charge in [-0.2, -0.15) is 0 Å². The highest BCUT2D eigenvalue weighted by Crippen LogP contribution is 2.25. The number of aromatic nitrogens is 2. The SMILES string of the molecule is COCCNc1nnc(SCC(=O)Nc2cc(C(=O)OC)ccc2C)s1. The monoisotopic (exact) mass is 396 g/mol. The van der Waals surface area contributed by atoms with Crippen LogP contribution < -0.4 is 10.6 Å². The summed E-state index contributed by atoms with van der Waals surface area (Å²) in [6.07, 6.45) is 0. The van der Waals surface area contributed by atoms with Gasteiger partial charge < -0.3 is 20.1 Å². The molecule has 0 spiro atoms. The molecule has 2 aromatic rings. The lowest BCUT2D eigenvalue weighted by Gasteiger charge is -2.09. The summed E-state index contributed by atoms with van der Waals surface area (Å²) in [5.41, 5.74) is 1.83. The second kappa shape index (κ2) is 10.1. The van der Waals surface area contributed by atoms with Gasteiger partial charge in [-0.3, -0.25) is 4.79 Å². The van der Waals surface area contributed by atoms with E-state index in [1.807, 2.05) is 6.92 Å². The van der Waals surface area contributed by atoms with Crippen LogP contribution in [-0.2, 0) is 14.3 Å². The van der Waals surface area contributed by atoms with E-state index in [-0.39, 0.29) is 11.7 Å². The number of methoxy groups -OCH3 is 2. The molecule has 1 aromatic heterocycles. The van der Waals surface area contributed by atoms with Crippen LogP contribution in [0, 0.1) is 6.92 Å². The molecular formula is C16H20N4O4S2. The van der Waals surface area contributed by atoms with Crippen molar-refractivity contribution >= 4 is 45.8 Å². The normalized spacial score (nSPS) is 10.4. The number of benzene rings is 1. The Morgan fingerprint density at radius 2 is 2.08 bits per heavy atom. The number of esters is 1. The molecule has 26 heavy (non-hydrogen) atoms. The standard InChI is InChI=1S/C16H20N4O4S2/c1-10-4-5-11(14(22)24-3)8-12(10)18-13(21)9-25-16-20-19-15(26-16)17-6-7-23-2/h4-5,8H,6-7,9H2,1-3H3,(H,17,19)(H,18,21). The summed E-state index contributed by atoms with van der Waals surface area (Å²) < 4.78 is 10.3. The fraction of sp³-hybridized carbons (Fsp3) is 0.375. The van der Waals surface area contributed by atoms with Crippen molar-refractivity contribution in [2.45, 2.75) is 11.3 Å². The summed E-state index contributed by atoms with van der Waals surface area (Å²) in [5, 5.41) is 14.6. The van der Waals surface area contributed by atoms with E-state index in [9.17, 15) is 9.59 Å². The largest absolute Gasteiger partial charge is 0.465 e. The number of nitrogens with one attached hydrogen (secondary N) is 2.